The lowest BCUT2D eigenvalue weighted by molar-refractivity contribution is -0.132. The van der Waals surface area contributed by atoms with Crippen molar-refractivity contribution in [3.63, 3.8) is 0 Å². The topological polar surface area (TPSA) is 43.1 Å². The zero-order valence-corrected chi connectivity index (χ0v) is 9.55. The molecular weight excluding hydrogens is 162 g/mol. The van der Waals surface area contributed by atoms with Crippen LogP contribution in [0.3, 0.4) is 0 Å². The van der Waals surface area contributed by atoms with Crippen molar-refractivity contribution in [1.82, 2.24) is 0 Å². The maximum absolute atomic E-state index is 11.4. The first kappa shape index (κ1) is 12.5. The standard InChI is InChI=1S/C11H23NO/c1-6-7-9(4)11(5,8(2)3)10(12)13/h8-9H,6-7H2,1-5H3,(H2,12,13). The van der Waals surface area contributed by atoms with Gasteiger partial charge >= 0.3 is 0 Å². The van der Waals surface area contributed by atoms with Gasteiger partial charge in [0.2, 0.25) is 5.91 Å². The van der Waals surface area contributed by atoms with Crippen molar-refractivity contribution in [2.75, 3.05) is 0 Å². The highest BCUT2D eigenvalue weighted by molar-refractivity contribution is 5.81. The van der Waals surface area contributed by atoms with Gasteiger partial charge in [-0.25, -0.2) is 0 Å². The van der Waals surface area contributed by atoms with Crippen molar-refractivity contribution in [2.24, 2.45) is 23.0 Å². The molecule has 0 aliphatic heterocycles. The average Bonchev–Trinajstić information content (AvgIpc) is 2.02. The van der Waals surface area contributed by atoms with Crippen molar-refractivity contribution >= 4 is 5.91 Å². The second kappa shape index (κ2) is 4.64. The summed E-state index contributed by atoms with van der Waals surface area (Å²) in [5, 5.41) is 0. The van der Waals surface area contributed by atoms with Crippen LogP contribution in [0.2, 0.25) is 0 Å². The molecule has 0 spiro atoms. The largest absolute Gasteiger partial charge is 0.369 e. The summed E-state index contributed by atoms with van der Waals surface area (Å²) >= 11 is 0. The number of primary amides is 1. The fraction of sp³-hybridized carbons (Fsp3) is 0.909. The number of amides is 1. The number of carbonyl (C=O) groups excluding carboxylic acids is 1. The summed E-state index contributed by atoms with van der Waals surface area (Å²) in [6.45, 7) is 10.4. The van der Waals surface area contributed by atoms with E-state index in [2.05, 4.69) is 27.7 Å². The second-order valence-corrected chi connectivity index (χ2v) is 4.49. The summed E-state index contributed by atoms with van der Waals surface area (Å²) in [6, 6.07) is 0. The molecule has 0 bridgehead atoms. The van der Waals surface area contributed by atoms with Gasteiger partial charge in [0, 0.05) is 0 Å². The van der Waals surface area contributed by atoms with E-state index >= 15 is 0 Å². The highest BCUT2D eigenvalue weighted by atomic mass is 16.1. The van der Waals surface area contributed by atoms with E-state index in [4.69, 9.17) is 5.73 Å². The number of carbonyl (C=O) groups is 1. The molecule has 0 fully saturated rings. The second-order valence-electron chi connectivity index (χ2n) is 4.49. The molecule has 2 nitrogen and oxygen atoms in total. The molecule has 0 aliphatic carbocycles. The predicted molar refractivity (Wildman–Crippen MR) is 56.2 cm³/mol. The summed E-state index contributed by atoms with van der Waals surface area (Å²) in [7, 11) is 0. The van der Waals surface area contributed by atoms with Crippen LogP contribution in [0.4, 0.5) is 0 Å². The van der Waals surface area contributed by atoms with Crippen LogP contribution in [0, 0.1) is 17.3 Å². The third-order valence-corrected chi connectivity index (χ3v) is 3.48. The Morgan fingerprint density at radius 3 is 2.08 bits per heavy atom. The summed E-state index contributed by atoms with van der Waals surface area (Å²) < 4.78 is 0. The lowest BCUT2D eigenvalue weighted by Crippen LogP contribution is -2.43. The number of nitrogens with two attached hydrogens (primary N) is 1. The molecule has 0 aromatic rings. The predicted octanol–water partition coefficient (Wildman–Crippen LogP) is 2.57. The van der Waals surface area contributed by atoms with Crippen LogP contribution in [0.5, 0.6) is 0 Å². The van der Waals surface area contributed by atoms with Gasteiger partial charge in [-0.3, -0.25) is 4.79 Å². The van der Waals surface area contributed by atoms with Gasteiger partial charge in [-0.1, -0.05) is 41.0 Å². The fourth-order valence-corrected chi connectivity index (χ4v) is 1.83. The molecule has 0 heterocycles. The molecule has 13 heavy (non-hydrogen) atoms. The molecule has 0 aromatic carbocycles. The minimum Gasteiger partial charge on any atom is -0.369 e. The Bertz CT molecular complexity index is 177. The Morgan fingerprint density at radius 2 is 1.85 bits per heavy atom. The molecule has 0 aromatic heterocycles. The van der Waals surface area contributed by atoms with Gasteiger partial charge in [0.1, 0.15) is 0 Å². The van der Waals surface area contributed by atoms with Crippen molar-refractivity contribution < 1.29 is 4.79 Å². The van der Waals surface area contributed by atoms with E-state index in [0.717, 1.165) is 12.8 Å². The van der Waals surface area contributed by atoms with E-state index in [1.165, 1.54) is 0 Å². The number of rotatable bonds is 5. The number of hydrogen-bond acceptors (Lipinski definition) is 1. The first-order chi connectivity index (χ1) is 5.87. The quantitative estimate of drug-likeness (QED) is 0.703. The molecule has 1 amide bonds. The molecule has 0 rings (SSSR count). The molecule has 2 heteroatoms. The van der Waals surface area contributed by atoms with Crippen LogP contribution in [-0.2, 0) is 4.79 Å². The van der Waals surface area contributed by atoms with E-state index in [9.17, 15) is 4.79 Å². The minimum absolute atomic E-state index is 0.163. The molecule has 0 aliphatic rings. The van der Waals surface area contributed by atoms with Gasteiger partial charge in [0.15, 0.2) is 0 Å². The van der Waals surface area contributed by atoms with Gasteiger partial charge in [0.25, 0.3) is 0 Å². The first-order valence-corrected chi connectivity index (χ1v) is 5.17. The lowest BCUT2D eigenvalue weighted by atomic mass is 9.68. The van der Waals surface area contributed by atoms with Crippen LogP contribution >= 0.6 is 0 Å². The third kappa shape index (κ3) is 2.45. The molecule has 0 saturated heterocycles. The Labute approximate surface area is 81.9 Å². The van der Waals surface area contributed by atoms with Gasteiger partial charge in [-0.15, -0.1) is 0 Å². The summed E-state index contributed by atoms with van der Waals surface area (Å²) in [5.41, 5.74) is 5.11. The Balaban J connectivity index is 4.68. The zero-order chi connectivity index (χ0) is 10.6. The zero-order valence-electron chi connectivity index (χ0n) is 9.55. The van der Waals surface area contributed by atoms with E-state index in [-0.39, 0.29) is 11.3 Å². The van der Waals surface area contributed by atoms with Gasteiger partial charge in [-0.2, -0.15) is 0 Å². The maximum atomic E-state index is 11.4. The minimum atomic E-state index is -0.351. The molecule has 2 atom stereocenters. The molecule has 2 unspecified atom stereocenters. The van der Waals surface area contributed by atoms with Crippen LogP contribution in [0.15, 0.2) is 0 Å². The van der Waals surface area contributed by atoms with E-state index in [0.29, 0.717) is 11.8 Å². The van der Waals surface area contributed by atoms with E-state index in [1.54, 1.807) is 0 Å². The third-order valence-electron chi connectivity index (χ3n) is 3.48. The Kier molecular flexibility index (Phi) is 4.45. The first-order valence-electron chi connectivity index (χ1n) is 5.17. The average molecular weight is 185 g/mol. The summed E-state index contributed by atoms with van der Waals surface area (Å²) in [5.74, 6) is 0.519. The SMILES string of the molecule is CCCC(C)C(C)(C(N)=O)C(C)C. The van der Waals surface area contributed by atoms with Gasteiger partial charge in [0.05, 0.1) is 5.41 Å². The highest BCUT2D eigenvalue weighted by Gasteiger charge is 2.39. The van der Waals surface area contributed by atoms with Crippen LogP contribution in [0.1, 0.15) is 47.5 Å². The molecule has 2 N–H and O–H groups in total. The molecule has 0 radical (unpaired) electrons. The van der Waals surface area contributed by atoms with Crippen molar-refractivity contribution in [3.05, 3.63) is 0 Å². The monoisotopic (exact) mass is 185 g/mol. The van der Waals surface area contributed by atoms with Gasteiger partial charge < -0.3 is 5.73 Å². The molecular formula is C11H23NO. The smallest absolute Gasteiger partial charge is 0.223 e. The molecule has 78 valence electrons. The highest BCUT2D eigenvalue weighted by Crippen LogP contribution is 2.37. The Hall–Kier alpha value is -0.530. The van der Waals surface area contributed by atoms with Crippen molar-refractivity contribution in [3.8, 4) is 0 Å². The number of hydrogen-bond donors (Lipinski definition) is 1. The summed E-state index contributed by atoms with van der Waals surface area (Å²) in [4.78, 5) is 11.4. The van der Waals surface area contributed by atoms with Crippen molar-refractivity contribution in [2.45, 2.75) is 47.5 Å². The molecule has 0 saturated carbocycles. The Morgan fingerprint density at radius 1 is 1.38 bits per heavy atom. The van der Waals surface area contributed by atoms with Gasteiger partial charge in [-0.05, 0) is 18.3 Å². The fourth-order valence-electron chi connectivity index (χ4n) is 1.83. The maximum Gasteiger partial charge on any atom is 0.223 e. The lowest BCUT2D eigenvalue weighted by Gasteiger charge is -2.36. The van der Waals surface area contributed by atoms with Crippen LogP contribution < -0.4 is 5.73 Å². The van der Waals surface area contributed by atoms with E-state index < -0.39 is 0 Å². The summed E-state index contributed by atoms with van der Waals surface area (Å²) in [6.07, 6.45) is 2.17. The van der Waals surface area contributed by atoms with Crippen molar-refractivity contribution in [1.29, 1.82) is 0 Å². The van der Waals surface area contributed by atoms with E-state index in [1.807, 2.05) is 6.92 Å². The van der Waals surface area contributed by atoms with Crippen LogP contribution in [-0.4, -0.2) is 5.91 Å². The normalized spacial score (nSPS) is 18.3. The van der Waals surface area contributed by atoms with Crippen LogP contribution in [0.25, 0.3) is 0 Å².